The van der Waals surface area contributed by atoms with Gasteiger partial charge in [0, 0.05) is 50.0 Å². The van der Waals surface area contributed by atoms with Crippen LogP contribution in [0.3, 0.4) is 0 Å². The summed E-state index contributed by atoms with van der Waals surface area (Å²) in [6.07, 6.45) is 4.09. The van der Waals surface area contributed by atoms with Gasteiger partial charge in [-0.15, -0.1) is 5.10 Å². The summed E-state index contributed by atoms with van der Waals surface area (Å²) in [7, 11) is 0. The first-order chi connectivity index (χ1) is 16.0. The second-order valence-electron chi connectivity index (χ2n) is 9.09. The van der Waals surface area contributed by atoms with E-state index in [1.165, 1.54) is 17.7 Å². The Morgan fingerprint density at radius 3 is 2.85 bits per heavy atom. The standard InChI is InChI=1S/C22H22BrClN6O3/c23-19-18(4-3-17-20(19)26-27-30(17)8-12-1-2-12)33-21-13(5-14(24)7-25-21)9-28-10-16-6-15(28)11-29(16)22(31)32/h3-5,7,12,15-16H,1-2,6,8-11H2,(H,31,32)/t15-,16-/m0/s1. The largest absolute Gasteiger partial charge is 0.465 e. The van der Waals surface area contributed by atoms with E-state index in [0.717, 1.165) is 34.0 Å². The van der Waals surface area contributed by atoms with Gasteiger partial charge in [0.15, 0.2) is 0 Å². The molecule has 4 heterocycles. The molecule has 2 atom stereocenters. The van der Waals surface area contributed by atoms with E-state index in [0.29, 0.717) is 42.2 Å². The second-order valence-corrected chi connectivity index (χ2v) is 10.3. The molecule has 11 heteroatoms. The Morgan fingerprint density at radius 2 is 2.12 bits per heavy atom. The molecule has 1 saturated carbocycles. The predicted molar refractivity (Wildman–Crippen MR) is 125 cm³/mol. The van der Waals surface area contributed by atoms with Crippen LogP contribution in [0.5, 0.6) is 11.6 Å². The number of amides is 1. The van der Waals surface area contributed by atoms with Crippen LogP contribution >= 0.6 is 27.5 Å². The fraction of sp³-hybridized carbons (Fsp3) is 0.455. The molecular weight excluding hydrogens is 512 g/mol. The van der Waals surface area contributed by atoms with Crippen molar-refractivity contribution in [2.75, 3.05) is 13.1 Å². The third-order valence-corrected chi connectivity index (χ3v) is 7.76. The maximum atomic E-state index is 11.4. The maximum absolute atomic E-state index is 11.4. The van der Waals surface area contributed by atoms with Crippen LogP contribution in [-0.2, 0) is 13.1 Å². The molecule has 0 radical (unpaired) electrons. The van der Waals surface area contributed by atoms with Gasteiger partial charge < -0.3 is 14.7 Å². The molecular formula is C22H22BrClN6O3. The third-order valence-electron chi connectivity index (χ3n) is 6.79. The molecule has 6 rings (SSSR count). The second kappa shape index (κ2) is 8.11. The highest BCUT2D eigenvalue weighted by atomic mass is 79.9. The van der Waals surface area contributed by atoms with Crippen LogP contribution in [0.25, 0.3) is 11.0 Å². The summed E-state index contributed by atoms with van der Waals surface area (Å²) >= 11 is 9.90. The van der Waals surface area contributed by atoms with Crippen LogP contribution in [0, 0.1) is 5.92 Å². The van der Waals surface area contributed by atoms with Crippen LogP contribution in [0.15, 0.2) is 28.9 Å². The predicted octanol–water partition coefficient (Wildman–Crippen LogP) is 4.38. The van der Waals surface area contributed by atoms with Crippen LogP contribution in [0.2, 0.25) is 5.02 Å². The number of carbonyl (C=O) groups is 1. The van der Waals surface area contributed by atoms with Crippen molar-refractivity contribution in [1.29, 1.82) is 0 Å². The van der Waals surface area contributed by atoms with Gasteiger partial charge in [-0.1, -0.05) is 16.8 Å². The number of hydrogen-bond donors (Lipinski definition) is 1. The van der Waals surface area contributed by atoms with Crippen molar-refractivity contribution in [2.45, 2.75) is 44.4 Å². The number of aromatic nitrogens is 4. The molecule has 9 nitrogen and oxygen atoms in total. The van der Waals surface area contributed by atoms with E-state index in [4.69, 9.17) is 16.3 Å². The zero-order valence-electron chi connectivity index (χ0n) is 17.7. The highest BCUT2D eigenvalue weighted by Crippen LogP contribution is 2.38. The average molecular weight is 534 g/mol. The molecule has 1 aliphatic carbocycles. The van der Waals surface area contributed by atoms with Gasteiger partial charge in [0.2, 0.25) is 5.88 Å². The van der Waals surface area contributed by atoms with Gasteiger partial charge in [-0.25, -0.2) is 14.5 Å². The van der Waals surface area contributed by atoms with Crippen LogP contribution in [-0.4, -0.2) is 66.2 Å². The number of rotatable bonds is 6. The van der Waals surface area contributed by atoms with Gasteiger partial charge in [-0.05, 0) is 59.3 Å². The van der Waals surface area contributed by atoms with Crippen molar-refractivity contribution in [1.82, 2.24) is 29.8 Å². The number of carboxylic acid groups (broad SMARTS) is 1. The number of nitrogens with zero attached hydrogens (tertiary/aromatic N) is 6. The number of halogens is 2. The summed E-state index contributed by atoms with van der Waals surface area (Å²) in [5.74, 6) is 1.79. The third kappa shape index (κ3) is 3.94. The SMILES string of the molecule is O=C(O)N1C[C@@H]2C[C@H]1CN2Cc1cc(Cl)cnc1Oc1ccc2c(nnn2CC2CC2)c1Br. The molecule has 172 valence electrons. The molecule has 33 heavy (non-hydrogen) atoms. The number of likely N-dealkylation sites (tertiary alicyclic amines) is 2. The van der Waals surface area contributed by atoms with E-state index in [9.17, 15) is 9.90 Å². The minimum atomic E-state index is -0.843. The van der Waals surface area contributed by atoms with Crippen LogP contribution in [0.1, 0.15) is 24.8 Å². The molecule has 2 saturated heterocycles. The van der Waals surface area contributed by atoms with Gasteiger partial charge in [0.1, 0.15) is 11.3 Å². The van der Waals surface area contributed by atoms with Crippen molar-refractivity contribution in [2.24, 2.45) is 5.92 Å². The Morgan fingerprint density at radius 1 is 1.27 bits per heavy atom. The number of pyridine rings is 1. The molecule has 0 unspecified atom stereocenters. The van der Waals surface area contributed by atoms with Gasteiger partial charge in [-0.2, -0.15) is 0 Å². The quantitative estimate of drug-likeness (QED) is 0.502. The van der Waals surface area contributed by atoms with E-state index in [1.807, 2.05) is 22.9 Å². The normalized spacial score (nSPS) is 22.4. The summed E-state index contributed by atoms with van der Waals surface area (Å²) in [6.45, 7) is 2.71. The molecule has 3 fully saturated rings. The molecule has 2 bridgehead atoms. The summed E-state index contributed by atoms with van der Waals surface area (Å²) in [4.78, 5) is 19.7. The number of fused-ring (bicyclic) bond motifs is 3. The first-order valence-corrected chi connectivity index (χ1v) is 12.2. The van der Waals surface area contributed by atoms with Crippen molar-refractivity contribution in [3.63, 3.8) is 0 Å². The summed E-state index contributed by atoms with van der Waals surface area (Å²) in [6, 6.07) is 5.99. The fourth-order valence-corrected chi connectivity index (χ4v) is 5.59. The highest BCUT2D eigenvalue weighted by Gasteiger charge is 2.45. The minimum Gasteiger partial charge on any atom is -0.465 e. The lowest BCUT2D eigenvalue weighted by Gasteiger charge is -2.32. The highest BCUT2D eigenvalue weighted by molar-refractivity contribution is 9.10. The molecule has 0 spiro atoms. The molecule has 2 aromatic heterocycles. The monoisotopic (exact) mass is 532 g/mol. The van der Waals surface area contributed by atoms with Crippen molar-refractivity contribution < 1.29 is 14.6 Å². The Labute approximate surface area is 203 Å². The molecule has 1 N–H and O–H groups in total. The van der Waals surface area contributed by atoms with E-state index in [1.54, 1.807) is 6.20 Å². The summed E-state index contributed by atoms with van der Waals surface area (Å²) in [5, 5.41) is 18.6. The van der Waals surface area contributed by atoms with Crippen LogP contribution in [0.4, 0.5) is 4.79 Å². The Hall–Kier alpha value is -2.43. The summed E-state index contributed by atoms with van der Waals surface area (Å²) in [5.41, 5.74) is 2.59. The Balaban J connectivity index is 1.24. The minimum absolute atomic E-state index is 0.0406. The van der Waals surface area contributed by atoms with Crippen molar-refractivity contribution in [3.05, 3.63) is 39.5 Å². The lowest BCUT2D eigenvalue weighted by molar-refractivity contribution is 0.0999. The Bertz CT molecular complexity index is 1250. The van der Waals surface area contributed by atoms with Gasteiger partial charge in [0.25, 0.3) is 0 Å². The smallest absolute Gasteiger partial charge is 0.407 e. The zero-order valence-corrected chi connectivity index (χ0v) is 20.0. The molecule has 1 amide bonds. The van der Waals surface area contributed by atoms with Gasteiger partial charge in [-0.3, -0.25) is 4.90 Å². The molecule has 3 aromatic rings. The fourth-order valence-electron chi connectivity index (χ4n) is 4.92. The number of hydrogen-bond acceptors (Lipinski definition) is 6. The average Bonchev–Trinajstić information content (AvgIpc) is 3.18. The lowest BCUT2D eigenvalue weighted by Crippen LogP contribution is -2.47. The van der Waals surface area contributed by atoms with Crippen molar-refractivity contribution >= 4 is 44.7 Å². The van der Waals surface area contributed by atoms with E-state index in [-0.39, 0.29) is 12.1 Å². The number of piperazine rings is 1. The number of benzene rings is 1. The molecule has 3 aliphatic rings. The zero-order chi connectivity index (χ0) is 22.7. The van der Waals surface area contributed by atoms with E-state index >= 15 is 0 Å². The van der Waals surface area contributed by atoms with Gasteiger partial charge in [0.05, 0.1) is 15.0 Å². The Kier molecular flexibility index (Phi) is 5.19. The van der Waals surface area contributed by atoms with E-state index in [2.05, 4.69) is 36.1 Å². The van der Waals surface area contributed by atoms with E-state index < -0.39 is 6.09 Å². The van der Waals surface area contributed by atoms with Crippen molar-refractivity contribution in [3.8, 4) is 11.6 Å². The first-order valence-electron chi connectivity index (χ1n) is 11.0. The lowest BCUT2D eigenvalue weighted by atomic mass is 10.2. The molecule has 1 aromatic carbocycles. The number of ether oxygens (including phenoxy) is 1. The van der Waals surface area contributed by atoms with Gasteiger partial charge >= 0.3 is 6.09 Å². The maximum Gasteiger partial charge on any atom is 0.407 e. The topological polar surface area (TPSA) is 96.6 Å². The molecule has 2 aliphatic heterocycles. The first kappa shape index (κ1) is 21.1. The summed E-state index contributed by atoms with van der Waals surface area (Å²) < 4.78 is 8.92. The van der Waals surface area contributed by atoms with Crippen LogP contribution < -0.4 is 4.74 Å².